The Kier molecular flexibility index (Phi) is 8.22. The summed E-state index contributed by atoms with van der Waals surface area (Å²) >= 11 is 0. The van der Waals surface area contributed by atoms with Gasteiger partial charge in [0.15, 0.2) is 0 Å². The van der Waals surface area contributed by atoms with Crippen LogP contribution in [0.1, 0.15) is 56.8 Å². The number of nitrogens with zero attached hydrogens (tertiary/aromatic N) is 1. The van der Waals surface area contributed by atoms with Crippen molar-refractivity contribution >= 4 is 17.4 Å². The van der Waals surface area contributed by atoms with Gasteiger partial charge in [0.05, 0.1) is 37.5 Å². The number of benzene rings is 2. The second-order valence-electron chi connectivity index (χ2n) is 9.57. The number of rotatable bonds is 9. The fourth-order valence-corrected chi connectivity index (χ4v) is 4.12. The molecular formula is C28H35NO6. The topological polar surface area (TPSA) is 85.3 Å². The van der Waals surface area contributed by atoms with Crippen molar-refractivity contribution in [2.24, 2.45) is 0 Å². The highest BCUT2D eigenvalue weighted by atomic mass is 16.5. The molecule has 1 heterocycles. The summed E-state index contributed by atoms with van der Waals surface area (Å²) in [4.78, 5) is 27.7. The number of methoxy groups -OCH3 is 2. The van der Waals surface area contributed by atoms with Crippen LogP contribution in [0, 0.1) is 0 Å². The third kappa shape index (κ3) is 5.51. The van der Waals surface area contributed by atoms with Crippen LogP contribution in [-0.2, 0) is 19.7 Å². The lowest BCUT2D eigenvalue weighted by Crippen LogP contribution is -2.32. The average Bonchev–Trinajstić information content (AvgIpc) is 3.09. The maximum atomic E-state index is 13.3. The van der Waals surface area contributed by atoms with E-state index in [1.807, 2.05) is 43.3 Å². The highest BCUT2D eigenvalue weighted by Gasteiger charge is 2.46. The van der Waals surface area contributed by atoms with E-state index in [4.69, 9.17) is 14.2 Å². The van der Waals surface area contributed by atoms with Crippen molar-refractivity contribution in [2.45, 2.75) is 45.6 Å². The molecule has 1 fully saturated rings. The summed E-state index contributed by atoms with van der Waals surface area (Å²) in [5, 5.41) is 11.5. The Hall–Kier alpha value is -3.32. The molecular weight excluding hydrogens is 446 g/mol. The van der Waals surface area contributed by atoms with Crippen molar-refractivity contribution in [1.29, 1.82) is 0 Å². The number of hydrogen-bond acceptors (Lipinski definition) is 6. The Bertz CT molecular complexity index is 1100. The van der Waals surface area contributed by atoms with Gasteiger partial charge < -0.3 is 24.2 Å². The zero-order valence-corrected chi connectivity index (χ0v) is 21.4. The van der Waals surface area contributed by atoms with Crippen LogP contribution in [0.2, 0.25) is 0 Å². The molecule has 7 heteroatoms. The zero-order chi connectivity index (χ0) is 25.8. The zero-order valence-electron chi connectivity index (χ0n) is 21.4. The van der Waals surface area contributed by atoms with E-state index in [0.29, 0.717) is 29.2 Å². The van der Waals surface area contributed by atoms with E-state index < -0.39 is 17.7 Å². The summed E-state index contributed by atoms with van der Waals surface area (Å²) in [7, 11) is 3.04. The van der Waals surface area contributed by atoms with E-state index in [1.54, 1.807) is 6.07 Å². The fourth-order valence-electron chi connectivity index (χ4n) is 4.12. The minimum atomic E-state index is -0.770. The van der Waals surface area contributed by atoms with Crippen LogP contribution >= 0.6 is 0 Å². The van der Waals surface area contributed by atoms with Crippen LogP contribution in [0.5, 0.6) is 11.5 Å². The number of amides is 1. The van der Waals surface area contributed by atoms with Gasteiger partial charge in [0.2, 0.25) is 0 Å². The number of hydrogen-bond donors (Lipinski definition) is 1. The van der Waals surface area contributed by atoms with Crippen LogP contribution in [0.4, 0.5) is 0 Å². The molecule has 0 bridgehead atoms. The summed E-state index contributed by atoms with van der Waals surface area (Å²) in [6.07, 6.45) is 0.883. The highest BCUT2D eigenvalue weighted by Crippen LogP contribution is 2.42. The van der Waals surface area contributed by atoms with E-state index in [9.17, 15) is 14.7 Å². The Balaban J connectivity index is 2.18. The smallest absolute Gasteiger partial charge is 0.295 e. The standard InChI is InChI=1S/C28H35NO6/c1-7-15-35-20-11-8-18(9-12-20)24-23(26(31)27(32)29(24)14-16-33-5)25(30)21-17-19(28(2,3)4)10-13-22(21)34-6/h8-13,17,24,30H,7,14-16H2,1-6H3/b25-23+. The van der Waals surface area contributed by atoms with Gasteiger partial charge in [0.1, 0.15) is 17.3 Å². The van der Waals surface area contributed by atoms with Crippen LogP contribution < -0.4 is 9.47 Å². The quantitative estimate of drug-likeness (QED) is 0.313. The molecule has 0 spiro atoms. The number of ketones is 1. The molecule has 188 valence electrons. The molecule has 35 heavy (non-hydrogen) atoms. The van der Waals surface area contributed by atoms with Crippen LogP contribution in [-0.4, -0.2) is 55.7 Å². The Labute approximate surface area is 207 Å². The van der Waals surface area contributed by atoms with E-state index in [2.05, 4.69) is 20.8 Å². The molecule has 1 unspecified atom stereocenters. The highest BCUT2D eigenvalue weighted by molar-refractivity contribution is 6.46. The summed E-state index contributed by atoms with van der Waals surface area (Å²) in [5.41, 5.74) is 1.86. The molecule has 2 aromatic carbocycles. The molecule has 0 radical (unpaired) electrons. The maximum Gasteiger partial charge on any atom is 0.295 e. The Morgan fingerprint density at radius 1 is 1.03 bits per heavy atom. The normalized spacial score (nSPS) is 17.7. The first-order valence-electron chi connectivity index (χ1n) is 11.8. The van der Waals surface area contributed by atoms with Crippen molar-refractivity contribution in [2.75, 3.05) is 34.0 Å². The van der Waals surface area contributed by atoms with Crippen LogP contribution in [0.3, 0.4) is 0 Å². The molecule has 3 rings (SSSR count). The first-order valence-corrected chi connectivity index (χ1v) is 11.8. The van der Waals surface area contributed by atoms with Crippen LogP contribution in [0.15, 0.2) is 48.0 Å². The molecule has 1 N–H and O–H groups in total. The summed E-state index contributed by atoms with van der Waals surface area (Å²) in [6.45, 7) is 9.26. The monoisotopic (exact) mass is 481 g/mol. The number of likely N-dealkylation sites (tertiary alicyclic amines) is 1. The Morgan fingerprint density at radius 2 is 1.71 bits per heavy atom. The fraction of sp³-hybridized carbons (Fsp3) is 0.429. The third-order valence-corrected chi connectivity index (χ3v) is 6.07. The second kappa shape index (κ2) is 11.0. The van der Waals surface area contributed by atoms with Gasteiger partial charge in [0.25, 0.3) is 11.7 Å². The van der Waals surface area contributed by atoms with Gasteiger partial charge in [-0.1, -0.05) is 45.9 Å². The van der Waals surface area contributed by atoms with Gasteiger partial charge in [-0.3, -0.25) is 9.59 Å². The molecule has 1 atom stereocenters. The van der Waals surface area contributed by atoms with Crippen molar-refractivity contribution in [1.82, 2.24) is 4.90 Å². The number of aliphatic hydroxyl groups excluding tert-OH is 1. The Morgan fingerprint density at radius 3 is 2.29 bits per heavy atom. The van der Waals surface area contributed by atoms with Gasteiger partial charge in [-0.05, 0) is 47.2 Å². The number of Topliss-reactive ketones (excluding diaryl/α,β-unsaturated/α-hetero) is 1. The van der Waals surface area contributed by atoms with E-state index in [0.717, 1.165) is 12.0 Å². The lowest BCUT2D eigenvalue weighted by Gasteiger charge is -2.26. The molecule has 0 saturated carbocycles. The van der Waals surface area contributed by atoms with Crippen LogP contribution in [0.25, 0.3) is 5.76 Å². The van der Waals surface area contributed by atoms with Gasteiger partial charge in [-0.2, -0.15) is 0 Å². The third-order valence-electron chi connectivity index (χ3n) is 6.07. The first-order chi connectivity index (χ1) is 16.6. The van der Waals surface area contributed by atoms with E-state index in [-0.39, 0.29) is 29.9 Å². The lowest BCUT2D eigenvalue weighted by molar-refractivity contribution is -0.140. The largest absolute Gasteiger partial charge is 0.507 e. The van der Waals surface area contributed by atoms with Crippen molar-refractivity contribution in [3.8, 4) is 11.5 Å². The number of carbonyl (C=O) groups is 2. The number of ether oxygens (including phenoxy) is 3. The van der Waals surface area contributed by atoms with Gasteiger partial charge in [-0.25, -0.2) is 0 Å². The molecule has 0 aliphatic carbocycles. The van der Waals surface area contributed by atoms with Gasteiger partial charge in [-0.15, -0.1) is 0 Å². The SMILES string of the molecule is CCCOc1ccc(C2/C(=C(\O)c3cc(C(C)(C)C)ccc3OC)C(=O)C(=O)N2CCOC)cc1. The molecule has 2 aromatic rings. The average molecular weight is 482 g/mol. The molecule has 0 aromatic heterocycles. The first kappa shape index (κ1) is 26.3. The lowest BCUT2D eigenvalue weighted by atomic mass is 9.85. The predicted octanol–water partition coefficient (Wildman–Crippen LogP) is 4.85. The van der Waals surface area contributed by atoms with E-state index in [1.165, 1.54) is 19.1 Å². The minimum Gasteiger partial charge on any atom is -0.507 e. The van der Waals surface area contributed by atoms with Crippen molar-refractivity contribution in [3.63, 3.8) is 0 Å². The minimum absolute atomic E-state index is 0.0256. The second-order valence-corrected chi connectivity index (χ2v) is 9.57. The predicted molar refractivity (Wildman–Crippen MR) is 135 cm³/mol. The van der Waals surface area contributed by atoms with Crippen molar-refractivity contribution in [3.05, 3.63) is 64.7 Å². The van der Waals surface area contributed by atoms with Crippen molar-refractivity contribution < 1.29 is 28.9 Å². The molecule has 1 aliphatic heterocycles. The van der Waals surface area contributed by atoms with E-state index >= 15 is 0 Å². The maximum absolute atomic E-state index is 13.3. The molecule has 7 nitrogen and oxygen atoms in total. The van der Waals surface area contributed by atoms with Gasteiger partial charge in [0, 0.05) is 13.7 Å². The summed E-state index contributed by atoms with van der Waals surface area (Å²) < 4.78 is 16.4. The summed E-state index contributed by atoms with van der Waals surface area (Å²) in [5.74, 6) is -0.559. The number of aliphatic hydroxyl groups is 1. The molecule has 1 amide bonds. The number of carbonyl (C=O) groups excluding carboxylic acids is 2. The molecule has 1 aliphatic rings. The van der Waals surface area contributed by atoms with Gasteiger partial charge >= 0.3 is 0 Å². The molecule has 1 saturated heterocycles. The summed E-state index contributed by atoms with van der Waals surface area (Å²) in [6, 6.07) is 12.0.